The second kappa shape index (κ2) is 9.84. The minimum atomic E-state index is -0.468. The molecule has 0 saturated carbocycles. The van der Waals surface area contributed by atoms with Crippen LogP contribution in [0.2, 0.25) is 0 Å². The van der Waals surface area contributed by atoms with Crippen molar-refractivity contribution >= 4 is 0 Å². The largest absolute Gasteiger partial charge is 0.497 e. The molecular formula is C23H27N3O4. The third kappa shape index (κ3) is 5.24. The van der Waals surface area contributed by atoms with E-state index < -0.39 is 6.10 Å². The molecule has 30 heavy (non-hydrogen) atoms. The second-order valence-corrected chi connectivity index (χ2v) is 7.51. The van der Waals surface area contributed by atoms with E-state index in [0.29, 0.717) is 25.9 Å². The van der Waals surface area contributed by atoms with Gasteiger partial charge in [-0.05, 0) is 49.2 Å². The summed E-state index contributed by atoms with van der Waals surface area (Å²) in [5, 5.41) is 17.9. The van der Waals surface area contributed by atoms with E-state index in [2.05, 4.69) is 15.5 Å². The van der Waals surface area contributed by atoms with Crippen molar-refractivity contribution in [1.82, 2.24) is 15.5 Å². The van der Waals surface area contributed by atoms with Crippen molar-refractivity contribution in [2.75, 3.05) is 13.7 Å². The van der Waals surface area contributed by atoms with Crippen LogP contribution in [0.4, 0.5) is 0 Å². The Labute approximate surface area is 176 Å². The molecule has 1 fully saturated rings. The van der Waals surface area contributed by atoms with Crippen molar-refractivity contribution in [3.8, 4) is 17.1 Å². The highest BCUT2D eigenvalue weighted by Gasteiger charge is 2.30. The monoisotopic (exact) mass is 409 g/mol. The third-order valence-electron chi connectivity index (χ3n) is 5.33. The molecule has 4 rings (SSSR count). The Morgan fingerprint density at radius 1 is 1.13 bits per heavy atom. The number of aliphatic hydroxyl groups excluding tert-OH is 1. The highest BCUT2D eigenvalue weighted by molar-refractivity contribution is 5.58. The third-order valence-corrected chi connectivity index (χ3v) is 5.33. The van der Waals surface area contributed by atoms with E-state index in [4.69, 9.17) is 14.0 Å². The summed E-state index contributed by atoms with van der Waals surface area (Å²) in [5.41, 5.74) is 2.77. The number of hydrogen-bond donors (Lipinski definition) is 2. The number of ether oxygens (including phenoxy) is 2. The quantitative estimate of drug-likeness (QED) is 0.591. The molecule has 0 amide bonds. The normalized spacial score (nSPS) is 21.5. The maximum absolute atomic E-state index is 10.3. The molecule has 158 valence electrons. The Bertz CT molecular complexity index is 914. The van der Waals surface area contributed by atoms with Crippen molar-refractivity contribution in [2.45, 2.75) is 44.1 Å². The number of nitrogens with zero attached hydrogens (tertiary/aromatic N) is 2. The molecule has 0 unspecified atom stereocenters. The first kappa shape index (κ1) is 20.5. The van der Waals surface area contributed by atoms with Crippen LogP contribution in [0.15, 0.2) is 59.3 Å². The van der Waals surface area contributed by atoms with Gasteiger partial charge in [0, 0.05) is 37.3 Å². The van der Waals surface area contributed by atoms with E-state index >= 15 is 0 Å². The Morgan fingerprint density at radius 3 is 2.77 bits per heavy atom. The van der Waals surface area contributed by atoms with Gasteiger partial charge >= 0.3 is 0 Å². The lowest BCUT2D eigenvalue weighted by molar-refractivity contribution is -0.115. The van der Waals surface area contributed by atoms with Crippen LogP contribution in [0.25, 0.3) is 11.3 Å². The summed E-state index contributed by atoms with van der Waals surface area (Å²) in [4.78, 5) is 4.30. The Kier molecular flexibility index (Phi) is 6.74. The van der Waals surface area contributed by atoms with Gasteiger partial charge in [-0.2, -0.15) is 0 Å². The number of aromatic nitrogens is 2. The lowest BCUT2D eigenvalue weighted by Crippen LogP contribution is -2.45. The zero-order valence-corrected chi connectivity index (χ0v) is 17.0. The highest BCUT2D eigenvalue weighted by atomic mass is 16.5. The standard InChI is InChI=1S/C23H27N3O4/c1-28-19-7-5-16(6-8-19)22-13-18(26-30-22)12-20-9-10-21(27)23(29-20)15-24-14-17-4-2-3-11-25-17/h2-8,11,13,20-21,23-24,27H,9-10,12,14-15H2,1H3/t20-,21-,23+/m0/s1. The van der Waals surface area contributed by atoms with E-state index in [9.17, 15) is 5.11 Å². The number of aliphatic hydroxyl groups is 1. The molecular weight excluding hydrogens is 382 g/mol. The van der Waals surface area contributed by atoms with E-state index in [1.807, 2.05) is 48.5 Å². The molecule has 3 atom stereocenters. The summed E-state index contributed by atoms with van der Waals surface area (Å²) >= 11 is 0. The number of benzene rings is 1. The van der Waals surface area contributed by atoms with E-state index in [-0.39, 0.29) is 12.2 Å². The zero-order valence-electron chi connectivity index (χ0n) is 17.0. The molecule has 3 aromatic rings. The van der Waals surface area contributed by atoms with Crippen LogP contribution in [0, 0.1) is 0 Å². The first-order valence-corrected chi connectivity index (χ1v) is 10.3. The molecule has 3 heterocycles. The maximum atomic E-state index is 10.3. The van der Waals surface area contributed by atoms with Crippen LogP contribution in [-0.2, 0) is 17.7 Å². The van der Waals surface area contributed by atoms with Crippen molar-refractivity contribution < 1.29 is 19.1 Å². The lowest BCUT2D eigenvalue weighted by Gasteiger charge is -2.34. The number of pyridine rings is 1. The number of methoxy groups -OCH3 is 1. The average molecular weight is 409 g/mol. The van der Waals surface area contributed by atoms with Gasteiger partial charge in [-0.25, -0.2) is 0 Å². The van der Waals surface area contributed by atoms with E-state index in [1.165, 1.54) is 0 Å². The van der Waals surface area contributed by atoms with Gasteiger partial charge < -0.3 is 24.4 Å². The molecule has 1 aliphatic rings. The Balaban J connectivity index is 1.30. The van der Waals surface area contributed by atoms with Crippen LogP contribution in [0.1, 0.15) is 24.2 Å². The van der Waals surface area contributed by atoms with E-state index in [1.54, 1.807) is 13.3 Å². The lowest BCUT2D eigenvalue weighted by atomic mass is 9.98. The molecule has 1 aliphatic heterocycles. The van der Waals surface area contributed by atoms with Crippen LogP contribution < -0.4 is 10.1 Å². The SMILES string of the molecule is COc1ccc(-c2cc(C[C@@H]3CC[C@H](O)[C@@H](CNCc4ccccn4)O3)no2)cc1. The number of hydrogen-bond acceptors (Lipinski definition) is 7. The molecule has 2 N–H and O–H groups in total. The average Bonchev–Trinajstić information content (AvgIpc) is 3.25. The predicted octanol–water partition coefficient (Wildman–Crippen LogP) is 2.99. The summed E-state index contributed by atoms with van der Waals surface area (Å²) < 4.78 is 16.9. The minimum absolute atomic E-state index is 0.00358. The summed E-state index contributed by atoms with van der Waals surface area (Å²) in [6, 6.07) is 15.5. The van der Waals surface area contributed by atoms with Crippen molar-refractivity contribution in [3.63, 3.8) is 0 Å². The Hall–Kier alpha value is -2.74. The van der Waals surface area contributed by atoms with Crippen molar-refractivity contribution in [1.29, 1.82) is 0 Å². The Morgan fingerprint density at radius 2 is 2.00 bits per heavy atom. The first-order valence-electron chi connectivity index (χ1n) is 10.3. The summed E-state index contributed by atoms with van der Waals surface area (Å²) in [7, 11) is 1.64. The fourth-order valence-corrected chi connectivity index (χ4v) is 3.66. The maximum Gasteiger partial charge on any atom is 0.167 e. The minimum Gasteiger partial charge on any atom is -0.497 e. The molecule has 0 radical (unpaired) electrons. The predicted molar refractivity (Wildman–Crippen MR) is 112 cm³/mol. The van der Waals surface area contributed by atoms with Crippen LogP contribution in [0.5, 0.6) is 5.75 Å². The molecule has 1 aromatic carbocycles. The smallest absolute Gasteiger partial charge is 0.167 e. The molecule has 0 bridgehead atoms. The van der Waals surface area contributed by atoms with Gasteiger partial charge in [0.05, 0.1) is 36.8 Å². The van der Waals surface area contributed by atoms with Crippen LogP contribution in [-0.4, -0.2) is 47.2 Å². The summed E-state index contributed by atoms with van der Waals surface area (Å²) in [6.45, 7) is 1.22. The summed E-state index contributed by atoms with van der Waals surface area (Å²) in [6.07, 6.45) is 3.22. The number of rotatable bonds is 8. The molecule has 1 saturated heterocycles. The van der Waals surface area contributed by atoms with Gasteiger partial charge in [0.2, 0.25) is 0 Å². The molecule has 7 heteroatoms. The summed E-state index contributed by atoms with van der Waals surface area (Å²) in [5.74, 6) is 1.52. The van der Waals surface area contributed by atoms with Crippen LogP contribution >= 0.6 is 0 Å². The zero-order chi connectivity index (χ0) is 20.8. The van der Waals surface area contributed by atoms with Gasteiger partial charge in [-0.3, -0.25) is 4.98 Å². The van der Waals surface area contributed by atoms with Crippen LogP contribution in [0.3, 0.4) is 0 Å². The van der Waals surface area contributed by atoms with Crippen molar-refractivity contribution in [3.05, 3.63) is 66.1 Å². The fourth-order valence-electron chi connectivity index (χ4n) is 3.66. The fraction of sp³-hybridized carbons (Fsp3) is 0.391. The second-order valence-electron chi connectivity index (χ2n) is 7.51. The molecule has 7 nitrogen and oxygen atoms in total. The van der Waals surface area contributed by atoms with Gasteiger partial charge in [-0.1, -0.05) is 11.2 Å². The first-order chi connectivity index (χ1) is 14.7. The van der Waals surface area contributed by atoms with Gasteiger partial charge in [0.1, 0.15) is 5.75 Å². The number of nitrogens with one attached hydrogen (secondary N) is 1. The van der Waals surface area contributed by atoms with Gasteiger partial charge in [-0.15, -0.1) is 0 Å². The molecule has 0 aliphatic carbocycles. The highest BCUT2D eigenvalue weighted by Crippen LogP contribution is 2.26. The molecule has 0 spiro atoms. The van der Waals surface area contributed by atoms with E-state index in [0.717, 1.165) is 34.9 Å². The topological polar surface area (TPSA) is 89.6 Å². The molecule has 2 aromatic heterocycles. The van der Waals surface area contributed by atoms with Gasteiger partial charge in [0.25, 0.3) is 0 Å². The van der Waals surface area contributed by atoms with Crippen molar-refractivity contribution in [2.24, 2.45) is 0 Å². The van der Waals surface area contributed by atoms with Gasteiger partial charge in [0.15, 0.2) is 5.76 Å².